The normalized spacial score (nSPS) is 12.9. The predicted octanol–water partition coefficient (Wildman–Crippen LogP) is 1.93. The number of ether oxygens (including phenoxy) is 3. The third-order valence-corrected chi connectivity index (χ3v) is 2.84. The largest absolute Gasteiger partial charge is 0.380 e. The molecule has 0 aliphatic heterocycles. The SMILES string of the molecule is COCc1ccc(CNC(C)C(OC)OC)cc1. The van der Waals surface area contributed by atoms with Crippen LogP contribution in [-0.2, 0) is 27.4 Å². The van der Waals surface area contributed by atoms with Gasteiger partial charge >= 0.3 is 0 Å². The van der Waals surface area contributed by atoms with Crippen molar-refractivity contribution in [2.45, 2.75) is 32.4 Å². The van der Waals surface area contributed by atoms with Crippen molar-refractivity contribution >= 4 is 0 Å². The summed E-state index contributed by atoms with van der Waals surface area (Å²) in [5, 5.41) is 3.37. The maximum Gasteiger partial charge on any atom is 0.171 e. The van der Waals surface area contributed by atoms with Crippen molar-refractivity contribution in [2.75, 3.05) is 21.3 Å². The van der Waals surface area contributed by atoms with Gasteiger partial charge in [0.15, 0.2) is 6.29 Å². The zero-order valence-electron chi connectivity index (χ0n) is 11.6. The van der Waals surface area contributed by atoms with Crippen molar-refractivity contribution in [3.8, 4) is 0 Å². The van der Waals surface area contributed by atoms with Crippen molar-refractivity contribution < 1.29 is 14.2 Å². The number of benzene rings is 1. The minimum Gasteiger partial charge on any atom is -0.380 e. The molecule has 1 aromatic carbocycles. The molecule has 1 unspecified atom stereocenters. The first-order valence-electron chi connectivity index (χ1n) is 6.07. The summed E-state index contributed by atoms with van der Waals surface area (Å²) in [5.74, 6) is 0. The van der Waals surface area contributed by atoms with Crippen LogP contribution in [0.15, 0.2) is 24.3 Å². The van der Waals surface area contributed by atoms with Crippen LogP contribution in [-0.4, -0.2) is 33.7 Å². The summed E-state index contributed by atoms with van der Waals surface area (Å²) in [4.78, 5) is 0. The van der Waals surface area contributed by atoms with Gasteiger partial charge in [-0.25, -0.2) is 0 Å². The molecule has 0 aliphatic carbocycles. The monoisotopic (exact) mass is 253 g/mol. The molecule has 1 rings (SSSR count). The summed E-state index contributed by atoms with van der Waals surface area (Å²) >= 11 is 0. The van der Waals surface area contributed by atoms with Crippen LogP contribution in [0.25, 0.3) is 0 Å². The van der Waals surface area contributed by atoms with Gasteiger partial charge in [-0.3, -0.25) is 0 Å². The van der Waals surface area contributed by atoms with Crippen LogP contribution in [0.3, 0.4) is 0 Å². The average Bonchev–Trinajstić information content (AvgIpc) is 2.40. The predicted molar refractivity (Wildman–Crippen MR) is 71.3 cm³/mol. The number of nitrogens with one attached hydrogen (secondary N) is 1. The molecule has 0 saturated carbocycles. The molecule has 0 amide bonds. The molecule has 0 aromatic heterocycles. The molecular weight excluding hydrogens is 230 g/mol. The lowest BCUT2D eigenvalue weighted by atomic mass is 10.1. The fraction of sp³-hybridized carbons (Fsp3) is 0.571. The minimum atomic E-state index is -0.224. The van der Waals surface area contributed by atoms with Crippen LogP contribution < -0.4 is 5.32 Å². The first kappa shape index (κ1) is 15.1. The van der Waals surface area contributed by atoms with E-state index in [1.807, 2.05) is 6.92 Å². The molecule has 0 radical (unpaired) electrons. The summed E-state index contributed by atoms with van der Waals surface area (Å²) in [5.41, 5.74) is 2.41. The van der Waals surface area contributed by atoms with E-state index < -0.39 is 0 Å². The Hall–Kier alpha value is -0.940. The van der Waals surface area contributed by atoms with E-state index in [-0.39, 0.29) is 12.3 Å². The lowest BCUT2D eigenvalue weighted by Crippen LogP contribution is -2.39. The van der Waals surface area contributed by atoms with Crippen molar-refractivity contribution in [3.63, 3.8) is 0 Å². The Morgan fingerprint density at radius 1 is 1.00 bits per heavy atom. The summed E-state index contributed by atoms with van der Waals surface area (Å²) in [7, 11) is 4.99. The Morgan fingerprint density at radius 3 is 2.06 bits per heavy atom. The second-order valence-electron chi connectivity index (χ2n) is 4.26. The Labute approximate surface area is 109 Å². The van der Waals surface area contributed by atoms with E-state index in [9.17, 15) is 0 Å². The summed E-state index contributed by atoms with van der Waals surface area (Å²) in [6, 6.07) is 8.49. The number of rotatable bonds is 8. The lowest BCUT2D eigenvalue weighted by Gasteiger charge is -2.22. The Kier molecular flexibility index (Phi) is 6.90. The first-order chi connectivity index (χ1) is 8.71. The minimum absolute atomic E-state index is 0.138. The maximum atomic E-state index is 5.20. The van der Waals surface area contributed by atoms with Gasteiger partial charge in [-0.1, -0.05) is 24.3 Å². The van der Waals surface area contributed by atoms with E-state index in [0.29, 0.717) is 6.61 Å². The standard InChI is InChI=1S/C14H23NO3/c1-11(14(17-3)18-4)15-9-12-5-7-13(8-6-12)10-16-2/h5-8,11,14-15H,9-10H2,1-4H3. The third kappa shape index (κ3) is 4.74. The van der Waals surface area contributed by atoms with Crippen molar-refractivity contribution in [2.24, 2.45) is 0 Å². The number of hydrogen-bond acceptors (Lipinski definition) is 4. The van der Waals surface area contributed by atoms with Crippen LogP contribution in [0.5, 0.6) is 0 Å². The highest BCUT2D eigenvalue weighted by Crippen LogP contribution is 2.06. The highest BCUT2D eigenvalue weighted by Gasteiger charge is 2.14. The second-order valence-corrected chi connectivity index (χ2v) is 4.26. The lowest BCUT2D eigenvalue weighted by molar-refractivity contribution is -0.119. The van der Waals surface area contributed by atoms with Gasteiger partial charge in [-0.2, -0.15) is 0 Å². The fourth-order valence-corrected chi connectivity index (χ4v) is 1.80. The fourth-order valence-electron chi connectivity index (χ4n) is 1.80. The molecule has 0 aliphatic rings. The molecule has 1 aromatic rings. The third-order valence-electron chi connectivity index (χ3n) is 2.84. The second kappa shape index (κ2) is 8.21. The van der Waals surface area contributed by atoms with Gasteiger partial charge in [0.1, 0.15) is 0 Å². The van der Waals surface area contributed by atoms with E-state index in [1.165, 1.54) is 11.1 Å². The Bertz CT molecular complexity index is 322. The van der Waals surface area contributed by atoms with Gasteiger partial charge in [0.2, 0.25) is 0 Å². The molecular formula is C14H23NO3. The van der Waals surface area contributed by atoms with Gasteiger partial charge in [0, 0.05) is 27.9 Å². The average molecular weight is 253 g/mol. The molecule has 0 fully saturated rings. The topological polar surface area (TPSA) is 39.7 Å². The molecule has 0 heterocycles. The van der Waals surface area contributed by atoms with Crippen molar-refractivity contribution in [1.29, 1.82) is 0 Å². The van der Waals surface area contributed by atoms with E-state index in [4.69, 9.17) is 14.2 Å². The Balaban J connectivity index is 2.43. The van der Waals surface area contributed by atoms with E-state index in [0.717, 1.165) is 6.54 Å². The first-order valence-corrected chi connectivity index (χ1v) is 6.07. The van der Waals surface area contributed by atoms with Crippen LogP contribution in [0, 0.1) is 0 Å². The highest BCUT2D eigenvalue weighted by atomic mass is 16.7. The molecule has 102 valence electrons. The van der Waals surface area contributed by atoms with Crippen molar-refractivity contribution in [3.05, 3.63) is 35.4 Å². The number of hydrogen-bond donors (Lipinski definition) is 1. The van der Waals surface area contributed by atoms with Gasteiger partial charge in [-0.15, -0.1) is 0 Å². The van der Waals surface area contributed by atoms with E-state index in [2.05, 4.69) is 29.6 Å². The number of methoxy groups -OCH3 is 3. The van der Waals surface area contributed by atoms with Gasteiger partial charge < -0.3 is 19.5 Å². The zero-order chi connectivity index (χ0) is 13.4. The highest BCUT2D eigenvalue weighted by molar-refractivity contribution is 5.21. The quantitative estimate of drug-likeness (QED) is 0.719. The maximum absolute atomic E-state index is 5.20. The Morgan fingerprint density at radius 2 is 1.56 bits per heavy atom. The smallest absolute Gasteiger partial charge is 0.171 e. The van der Waals surface area contributed by atoms with Crippen molar-refractivity contribution in [1.82, 2.24) is 5.32 Å². The molecule has 1 atom stereocenters. The van der Waals surface area contributed by atoms with Gasteiger partial charge in [-0.05, 0) is 18.1 Å². The zero-order valence-corrected chi connectivity index (χ0v) is 11.6. The van der Waals surface area contributed by atoms with Crippen LogP contribution in [0.1, 0.15) is 18.1 Å². The summed E-state index contributed by atoms with van der Waals surface area (Å²) in [6.07, 6.45) is -0.224. The molecule has 4 nitrogen and oxygen atoms in total. The van der Waals surface area contributed by atoms with Crippen LogP contribution in [0.4, 0.5) is 0 Å². The molecule has 1 N–H and O–H groups in total. The van der Waals surface area contributed by atoms with E-state index >= 15 is 0 Å². The molecule has 0 spiro atoms. The van der Waals surface area contributed by atoms with E-state index in [1.54, 1.807) is 21.3 Å². The molecule has 18 heavy (non-hydrogen) atoms. The van der Waals surface area contributed by atoms with Crippen LogP contribution in [0.2, 0.25) is 0 Å². The molecule has 4 heteroatoms. The molecule has 0 saturated heterocycles. The van der Waals surface area contributed by atoms with Gasteiger partial charge in [0.25, 0.3) is 0 Å². The van der Waals surface area contributed by atoms with Gasteiger partial charge in [0.05, 0.1) is 12.6 Å². The summed E-state index contributed by atoms with van der Waals surface area (Å²) in [6.45, 7) is 3.48. The summed E-state index contributed by atoms with van der Waals surface area (Å²) < 4.78 is 15.5. The van der Waals surface area contributed by atoms with Crippen LogP contribution >= 0.6 is 0 Å². The molecule has 0 bridgehead atoms.